The molecular formula is C13H17NO5. The van der Waals surface area contributed by atoms with Gasteiger partial charge in [-0.25, -0.2) is 0 Å². The van der Waals surface area contributed by atoms with Crippen molar-refractivity contribution in [2.45, 2.75) is 26.2 Å². The van der Waals surface area contributed by atoms with E-state index >= 15 is 0 Å². The minimum atomic E-state index is -0.893. The molecule has 6 heteroatoms. The Labute approximate surface area is 111 Å². The van der Waals surface area contributed by atoms with Crippen molar-refractivity contribution in [1.29, 1.82) is 0 Å². The number of methoxy groups -OCH3 is 1. The van der Waals surface area contributed by atoms with Gasteiger partial charge in [-0.1, -0.05) is 13.3 Å². The number of carboxylic acids is 1. The minimum absolute atomic E-state index is 0.0589. The van der Waals surface area contributed by atoms with Gasteiger partial charge in [-0.2, -0.15) is 0 Å². The highest BCUT2D eigenvalue weighted by Gasteiger charge is 2.20. The zero-order valence-electron chi connectivity index (χ0n) is 11.0. The van der Waals surface area contributed by atoms with Crippen molar-refractivity contribution in [3.05, 3.63) is 33.9 Å². The number of carboxylic acid groups (broad SMARTS) is 1. The molecule has 6 nitrogen and oxygen atoms in total. The summed E-state index contributed by atoms with van der Waals surface area (Å²) in [5.41, 5.74) is 0.494. The summed E-state index contributed by atoms with van der Waals surface area (Å²) in [7, 11) is 1.46. The zero-order chi connectivity index (χ0) is 14.4. The van der Waals surface area contributed by atoms with Crippen LogP contribution < -0.4 is 4.74 Å². The highest BCUT2D eigenvalue weighted by Crippen LogP contribution is 2.27. The maximum Gasteiger partial charge on any atom is 0.306 e. The van der Waals surface area contributed by atoms with Gasteiger partial charge < -0.3 is 9.84 Å². The van der Waals surface area contributed by atoms with Crippen molar-refractivity contribution in [1.82, 2.24) is 0 Å². The van der Waals surface area contributed by atoms with E-state index in [4.69, 9.17) is 9.84 Å². The number of carbonyl (C=O) groups is 1. The highest BCUT2D eigenvalue weighted by molar-refractivity contribution is 5.70. The third-order valence-corrected chi connectivity index (χ3v) is 2.93. The van der Waals surface area contributed by atoms with E-state index in [0.717, 1.165) is 6.42 Å². The Bertz CT molecular complexity index is 472. The lowest BCUT2D eigenvalue weighted by Gasteiger charge is -2.13. The summed E-state index contributed by atoms with van der Waals surface area (Å²) in [6.45, 7) is 1.90. The van der Waals surface area contributed by atoms with Crippen LogP contribution in [-0.2, 0) is 11.2 Å². The van der Waals surface area contributed by atoms with Gasteiger partial charge in [0.25, 0.3) is 5.69 Å². The number of benzene rings is 1. The Morgan fingerprint density at radius 2 is 2.21 bits per heavy atom. The van der Waals surface area contributed by atoms with Gasteiger partial charge in [-0.15, -0.1) is 0 Å². The number of rotatable bonds is 7. The number of non-ortho nitro benzene ring substituents is 1. The molecule has 0 saturated carbocycles. The average Bonchev–Trinajstić information content (AvgIpc) is 2.37. The van der Waals surface area contributed by atoms with Crippen LogP contribution in [0.5, 0.6) is 5.75 Å². The second-order valence-corrected chi connectivity index (χ2v) is 4.28. The van der Waals surface area contributed by atoms with Gasteiger partial charge in [0.2, 0.25) is 0 Å². The van der Waals surface area contributed by atoms with Crippen LogP contribution in [0.2, 0.25) is 0 Å². The first kappa shape index (κ1) is 14.9. The lowest BCUT2D eigenvalue weighted by Crippen LogP contribution is -2.16. The number of hydrogen-bond donors (Lipinski definition) is 1. The van der Waals surface area contributed by atoms with E-state index in [1.54, 1.807) is 0 Å². The molecule has 1 aromatic rings. The molecule has 0 fully saturated rings. The van der Waals surface area contributed by atoms with Crippen LogP contribution in [0.4, 0.5) is 5.69 Å². The third-order valence-electron chi connectivity index (χ3n) is 2.93. The van der Waals surface area contributed by atoms with Crippen molar-refractivity contribution in [3.8, 4) is 5.75 Å². The number of aliphatic carboxylic acids is 1. The molecule has 0 aromatic heterocycles. The Morgan fingerprint density at radius 1 is 1.53 bits per heavy atom. The molecule has 1 unspecified atom stereocenters. The molecule has 1 atom stereocenters. The summed E-state index contributed by atoms with van der Waals surface area (Å²) < 4.78 is 5.12. The summed E-state index contributed by atoms with van der Waals surface area (Å²) in [5, 5.41) is 19.9. The standard InChI is InChI=1S/C13H17NO5/c1-3-4-9(13(15)16)7-10-8-11(14(17)18)5-6-12(10)19-2/h5-6,8-9H,3-4,7H2,1-2H3,(H,15,16). The Hall–Kier alpha value is -2.11. The molecule has 0 saturated heterocycles. The van der Waals surface area contributed by atoms with Crippen molar-refractivity contribution in [2.75, 3.05) is 7.11 Å². The monoisotopic (exact) mass is 267 g/mol. The average molecular weight is 267 g/mol. The van der Waals surface area contributed by atoms with Crippen molar-refractivity contribution < 1.29 is 19.6 Å². The predicted molar refractivity (Wildman–Crippen MR) is 69.4 cm³/mol. The molecule has 1 N–H and O–H groups in total. The molecular weight excluding hydrogens is 250 g/mol. The van der Waals surface area contributed by atoms with Gasteiger partial charge >= 0.3 is 5.97 Å². The molecule has 1 rings (SSSR count). The molecule has 0 aliphatic carbocycles. The van der Waals surface area contributed by atoms with Crippen LogP contribution in [0.1, 0.15) is 25.3 Å². The Balaban J connectivity index is 3.05. The fraction of sp³-hybridized carbons (Fsp3) is 0.462. The summed E-state index contributed by atoms with van der Waals surface area (Å²) >= 11 is 0. The van der Waals surface area contributed by atoms with Gasteiger partial charge in [0, 0.05) is 17.7 Å². The van der Waals surface area contributed by atoms with Gasteiger partial charge in [-0.3, -0.25) is 14.9 Å². The SMILES string of the molecule is CCCC(Cc1cc([N+](=O)[O-])ccc1OC)C(=O)O. The van der Waals surface area contributed by atoms with Gasteiger partial charge in [0.15, 0.2) is 0 Å². The van der Waals surface area contributed by atoms with Crippen molar-refractivity contribution in [3.63, 3.8) is 0 Å². The maximum absolute atomic E-state index is 11.1. The first-order chi connectivity index (χ1) is 8.99. The topological polar surface area (TPSA) is 89.7 Å². The van der Waals surface area contributed by atoms with Crippen LogP contribution in [0, 0.1) is 16.0 Å². The van der Waals surface area contributed by atoms with E-state index < -0.39 is 16.8 Å². The number of nitro benzene ring substituents is 1. The molecule has 0 aliphatic rings. The van der Waals surface area contributed by atoms with Gasteiger partial charge in [0.05, 0.1) is 18.0 Å². The third kappa shape index (κ3) is 3.94. The normalized spacial score (nSPS) is 11.9. The number of hydrogen-bond acceptors (Lipinski definition) is 4. The quantitative estimate of drug-likeness (QED) is 0.606. The number of nitrogens with zero attached hydrogens (tertiary/aromatic N) is 1. The first-order valence-electron chi connectivity index (χ1n) is 6.03. The molecule has 104 valence electrons. The molecule has 19 heavy (non-hydrogen) atoms. The largest absolute Gasteiger partial charge is 0.496 e. The minimum Gasteiger partial charge on any atom is -0.496 e. The summed E-state index contributed by atoms with van der Waals surface area (Å²) in [4.78, 5) is 21.4. The van der Waals surface area contributed by atoms with Crippen LogP contribution in [-0.4, -0.2) is 23.1 Å². The second kappa shape index (κ2) is 6.72. The maximum atomic E-state index is 11.1. The first-order valence-corrected chi connectivity index (χ1v) is 6.03. The molecule has 0 radical (unpaired) electrons. The van der Waals surface area contributed by atoms with E-state index in [2.05, 4.69) is 0 Å². The number of ether oxygens (including phenoxy) is 1. The zero-order valence-corrected chi connectivity index (χ0v) is 11.0. The fourth-order valence-electron chi connectivity index (χ4n) is 1.96. The molecule has 0 spiro atoms. The predicted octanol–water partition coefficient (Wildman–Crippen LogP) is 2.65. The van der Waals surface area contributed by atoms with Gasteiger partial charge in [0.1, 0.15) is 5.75 Å². The van der Waals surface area contributed by atoms with Crippen LogP contribution in [0.3, 0.4) is 0 Å². The number of nitro groups is 1. The van der Waals surface area contributed by atoms with Crippen LogP contribution >= 0.6 is 0 Å². The van der Waals surface area contributed by atoms with Crippen LogP contribution in [0.25, 0.3) is 0 Å². The highest BCUT2D eigenvalue weighted by atomic mass is 16.6. The van der Waals surface area contributed by atoms with Crippen molar-refractivity contribution >= 4 is 11.7 Å². The molecule has 0 heterocycles. The summed E-state index contributed by atoms with van der Waals surface area (Å²) in [5.74, 6) is -0.968. The van der Waals surface area contributed by atoms with Crippen LogP contribution in [0.15, 0.2) is 18.2 Å². The lowest BCUT2D eigenvalue weighted by atomic mass is 9.94. The Kier molecular flexibility index (Phi) is 5.29. The summed E-state index contributed by atoms with van der Waals surface area (Å²) in [6, 6.07) is 4.22. The lowest BCUT2D eigenvalue weighted by molar-refractivity contribution is -0.384. The van der Waals surface area contributed by atoms with E-state index in [0.29, 0.717) is 17.7 Å². The molecule has 0 amide bonds. The van der Waals surface area contributed by atoms with E-state index in [1.165, 1.54) is 25.3 Å². The summed E-state index contributed by atoms with van der Waals surface area (Å²) in [6.07, 6.45) is 1.50. The fourth-order valence-corrected chi connectivity index (χ4v) is 1.96. The Morgan fingerprint density at radius 3 is 2.68 bits per heavy atom. The molecule has 1 aromatic carbocycles. The molecule has 0 bridgehead atoms. The smallest absolute Gasteiger partial charge is 0.306 e. The van der Waals surface area contributed by atoms with E-state index in [1.807, 2.05) is 6.92 Å². The second-order valence-electron chi connectivity index (χ2n) is 4.28. The van der Waals surface area contributed by atoms with Crippen molar-refractivity contribution in [2.24, 2.45) is 5.92 Å². The van der Waals surface area contributed by atoms with E-state index in [9.17, 15) is 14.9 Å². The van der Waals surface area contributed by atoms with E-state index in [-0.39, 0.29) is 12.1 Å². The molecule has 0 aliphatic heterocycles. The van der Waals surface area contributed by atoms with Gasteiger partial charge in [-0.05, 0) is 18.9 Å².